The molecule has 1 aromatic heterocycles. The van der Waals surface area contributed by atoms with E-state index in [1.54, 1.807) is 6.07 Å². The minimum absolute atomic E-state index is 0.490. The van der Waals surface area contributed by atoms with Crippen LogP contribution in [0.5, 0.6) is 5.75 Å². The Morgan fingerprint density at radius 3 is 2.90 bits per heavy atom. The maximum absolute atomic E-state index is 5.93. The Hall–Kier alpha value is -1.45. The molecule has 0 unspecified atom stereocenters. The first kappa shape index (κ1) is 14.9. The summed E-state index contributed by atoms with van der Waals surface area (Å²) in [4.78, 5) is 0. The number of benzene rings is 1. The normalized spacial score (nSPS) is 10.8. The van der Waals surface area contributed by atoms with Gasteiger partial charge in [-0.2, -0.15) is 0 Å². The summed E-state index contributed by atoms with van der Waals surface area (Å²) in [5, 5.41) is 4.00. The van der Waals surface area contributed by atoms with E-state index in [-0.39, 0.29) is 0 Å². The zero-order valence-electron chi connectivity index (χ0n) is 11.9. The van der Waals surface area contributed by atoms with Gasteiger partial charge in [-0.15, -0.1) is 0 Å². The average molecular weight is 294 g/mol. The number of aryl methyl sites for hydroxylation is 1. The molecule has 0 aliphatic heterocycles. The van der Waals surface area contributed by atoms with Crippen molar-refractivity contribution in [1.82, 2.24) is 5.32 Å². The molecule has 0 saturated carbocycles. The van der Waals surface area contributed by atoms with Gasteiger partial charge in [0.15, 0.2) is 0 Å². The van der Waals surface area contributed by atoms with E-state index in [1.165, 1.54) is 0 Å². The topological polar surface area (TPSA) is 34.4 Å². The van der Waals surface area contributed by atoms with Crippen molar-refractivity contribution in [3.05, 3.63) is 52.4 Å². The van der Waals surface area contributed by atoms with Gasteiger partial charge in [-0.3, -0.25) is 0 Å². The summed E-state index contributed by atoms with van der Waals surface area (Å²) in [5.41, 5.74) is 1.07. The maximum atomic E-state index is 5.93. The molecule has 1 heterocycles. The second-order valence-corrected chi connectivity index (χ2v) is 5.15. The standard InChI is InChI=1S/C16H20ClNO2/c1-3-7-18-10-16-8-13(12(2)20-16)11-19-15-6-4-5-14(17)9-15/h4-6,8-9,18H,3,7,10-11H2,1-2H3. The Labute approximate surface area is 124 Å². The van der Waals surface area contributed by atoms with Crippen molar-refractivity contribution in [2.45, 2.75) is 33.4 Å². The van der Waals surface area contributed by atoms with Gasteiger partial charge in [-0.1, -0.05) is 24.6 Å². The van der Waals surface area contributed by atoms with Crippen LogP contribution in [0.2, 0.25) is 5.02 Å². The predicted molar refractivity (Wildman–Crippen MR) is 81.2 cm³/mol. The fourth-order valence-electron chi connectivity index (χ4n) is 1.92. The number of nitrogens with one attached hydrogen (secondary N) is 1. The summed E-state index contributed by atoms with van der Waals surface area (Å²) in [5.74, 6) is 2.62. The van der Waals surface area contributed by atoms with E-state index in [0.717, 1.165) is 42.3 Å². The Morgan fingerprint density at radius 1 is 1.30 bits per heavy atom. The lowest BCUT2D eigenvalue weighted by molar-refractivity contribution is 0.303. The van der Waals surface area contributed by atoms with Crippen LogP contribution in [0, 0.1) is 6.92 Å². The molecule has 0 fully saturated rings. The molecule has 2 aromatic rings. The SMILES string of the molecule is CCCNCc1cc(COc2cccc(Cl)c2)c(C)o1. The van der Waals surface area contributed by atoms with Crippen molar-refractivity contribution in [3.63, 3.8) is 0 Å². The third kappa shape index (κ3) is 4.29. The van der Waals surface area contributed by atoms with Gasteiger partial charge in [-0.05, 0) is 44.2 Å². The van der Waals surface area contributed by atoms with Gasteiger partial charge >= 0.3 is 0 Å². The van der Waals surface area contributed by atoms with Crippen LogP contribution in [0.1, 0.15) is 30.4 Å². The van der Waals surface area contributed by atoms with E-state index in [4.69, 9.17) is 20.8 Å². The highest BCUT2D eigenvalue weighted by Gasteiger charge is 2.08. The lowest BCUT2D eigenvalue weighted by Gasteiger charge is -2.05. The first-order chi connectivity index (χ1) is 9.69. The second kappa shape index (κ2) is 7.36. The predicted octanol–water partition coefficient (Wildman–Crippen LogP) is 4.32. The largest absolute Gasteiger partial charge is 0.489 e. The molecule has 1 aromatic carbocycles. The van der Waals surface area contributed by atoms with Crippen LogP contribution in [-0.4, -0.2) is 6.54 Å². The molecule has 2 rings (SSSR count). The molecule has 0 atom stereocenters. The van der Waals surface area contributed by atoms with Gasteiger partial charge < -0.3 is 14.5 Å². The van der Waals surface area contributed by atoms with Crippen LogP contribution in [0.25, 0.3) is 0 Å². The fraction of sp³-hybridized carbons (Fsp3) is 0.375. The molecule has 0 aliphatic rings. The lowest BCUT2D eigenvalue weighted by atomic mass is 10.2. The first-order valence-corrected chi connectivity index (χ1v) is 7.24. The highest BCUT2D eigenvalue weighted by Crippen LogP contribution is 2.20. The van der Waals surface area contributed by atoms with Crippen molar-refractivity contribution in [2.24, 2.45) is 0 Å². The van der Waals surface area contributed by atoms with Gasteiger partial charge in [0, 0.05) is 10.6 Å². The van der Waals surface area contributed by atoms with E-state index in [2.05, 4.69) is 12.2 Å². The van der Waals surface area contributed by atoms with Gasteiger partial charge in [-0.25, -0.2) is 0 Å². The smallest absolute Gasteiger partial charge is 0.121 e. The Kier molecular flexibility index (Phi) is 5.50. The fourth-order valence-corrected chi connectivity index (χ4v) is 2.10. The Bertz CT molecular complexity index is 551. The van der Waals surface area contributed by atoms with Crippen molar-refractivity contribution in [3.8, 4) is 5.75 Å². The third-order valence-corrected chi connectivity index (χ3v) is 3.22. The molecule has 0 radical (unpaired) electrons. The number of furan rings is 1. The van der Waals surface area contributed by atoms with Crippen molar-refractivity contribution in [1.29, 1.82) is 0 Å². The highest BCUT2D eigenvalue weighted by atomic mass is 35.5. The van der Waals surface area contributed by atoms with Gasteiger partial charge in [0.1, 0.15) is 23.9 Å². The lowest BCUT2D eigenvalue weighted by Crippen LogP contribution is -2.13. The van der Waals surface area contributed by atoms with Crippen LogP contribution in [-0.2, 0) is 13.2 Å². The molecule has 20 heavy (non-hydrogen) atoms. The molecule has 0 aliphatic carbocycles. The minimum Gasteiger partial charge on any atom is -0.489 e. The van der Waals surface area contributed by atoms with Crippen LogP contribution in [0.15, 0.2) is 34.7 Å². The molecule has 4 heteroatoms. The molecular formula is C16H20ClNO2. The Morgan fingerprint density at radius 2 is 2.15 bits per heavy atom. The molecule has 0 saturated heterocycles. The highest BCUT2D eigenvalue weighted by molar-refractivity contribution is 6.30. The van der Waals surface area contributed by atoms with Gasteiger partial charge in [0.2, 0.25) is 0 Å². The van der Waals surface area contributed by atoms with Crippen LogP contribution >= 0.6 is 11.6 Å². The van der Waals surface area contributed by atoms with E-state index in [0.29, 0.717) is 11.6 Å². The summed E-state index contributed by atoms with van der Waals surface area (Å²) in [6.07, 6.45) is 1.12. The zero-order chi connectivity index (χ0) is 14.4. The third-order valence-electron chi connectivity index (χ3n) is 2.99. The maximum Gasteiger partial charge on any atom is 0.121 e. The van der Waals surface area contributed by atoms with Crippen LogP contribution < -0.4 is 10.1 Å². The van der Waals surface area contributed by atoms with Crippen LogP contribution in [0.4, 0.5) is 0 Å². The van der Waals surface area contributed by atoms with E-state index in [9.17, 15) is 0 Å². The molecule has 0 spiro atoms. The molecule has 0 amide bonds. The molecular weight excluding hydrogens is 274 g/mol. The summed E-state index contributed by atoms with van der Waals surface area (Å²) in [6.45, 7) is 6.34. The van der Waals surface area contributed by atoms with Crippen LogP contribution in [0.3, 0.4) is 0 Å². The van der Waals surface area contributed by atoms with E-state index >= 15 is 0 Å². The quantitative estimate of drug-likeness (QED) is 0.772. The molecule has 1 N–H and O–H groups in total. The first-order valence-electron chi connectivity index (χ1n) is 6.86. The molecule has 0 bridgehead atoms. The second-order valence-electron chi connectivity index (χ2n) is 4.72. The number of hydrogen-bond acceptors (Lipinski definition) is 3. The van der Waals surface area contributed by atoms with Crippen molar-refractivity contribution in [2.75, 3.05) is 6.54 Å². The average Bonchev–Trinajstić information content (AvgIpc) is 2.77. The van der Waals surface area contributed by atoms with Crippen molar-refractivity contribution >= 4 is 11.6 Å². The monoisotopic (exact) mass is 293 g/mol. The van der Waals surface area contributed by atoms with Crippen molar-refractivity contribution < 1.29 is 9.15 Å². The molecule has 108 valence electrons. The summed E-state index contributed by atoms with van der Waals surface area (Å²) in [6, 6.07) is 9.45. The Balaban J connectivity index is 1.92. The minimum atomic E-state index is 0.490. The summed E-state index contributed by atoms with van der Waals surface area (Å²) >= 11 is 5.93. The van der Waals surface area contributed by atoms with E-state index in [1.807, 2.05) is 31.2 Å². The zero-order valence-corrected chi connectivity index (χ0v) is 12.7. The van der Waals surface area contributed by atoms with Gasteiger partial charge in [0.25, 0.3) is 0 Å². The number of hydrogen-bond donors (Lipinski definition) is 1. The number of halogens is 1. The van der Waals surface area contributed by atoms with Gasteiger partial charge in [0.05, 0.1) is 6.54 Å². The summed E-state index contributed by atoms with van der Waals surface area (Å²) in [7, 11) is 0. The summed E-state index contributed by atoms with van der Waals surface area (Å²) < 4.78 is 11.4. The molecule has 3 nitrogen and oxygen atoms in total. The number of ether oxygens (including phenoxy) is 1. The van der Waals surface area contributed by atoms with E-state index < -0.39 is 0 Å². The number of rotatable bonds is 7.